The highest BCUT2D eigenvalue weighted by Gasteiger charge is 2.06. The Balaban J connectivity index is 1.82. The van der Waals surface area contributed by atoms with Crippen molar-refractivity contribution in [3.05, 3.63) is 30.1 Å². The number of nitrogens with one attached hydrogen (secondary N) is 2. The Labute approximate surface area is 110 Å². The third kappa shape index (κ3) is 3.77. The maximum Gasteiger partial charge on any atom is 0.251 e. The first-order valence-corrected chi connectivity index (χ1v) is 6.14. The van der Waals surface area contributed by atoms with Crippen molar-refractivity contribution in [3.63, 3.8) is 0 Å². The van der Waals surface area contributed by atoms with Crippen LogP contribution in [0.4, 0.5) is 0 Å². The smallest absolute Gasteiger partial charge is 0.251 e. The van der Waals surface area contributed by atoms with Crippen LogP contribution in [0.1, 0.15) is 17.3 Å². The molecule has 0 saturated heterocycles. The van der Waals surface area contributed by atoms with Crippen molar-refractivity contribution >= 4 is 16.9 Å². The second-order valence-electron chi connectivity index (χ2n) is 4.31. The molecule has 6 heteroatoms. The molecule has 0 spiro atoms. The van der Waals surface area contributed by atoms with E-state index in [0.29, 0.717) is 18.7 Å². The van der Waals surface area contributed by atoms with Crippen molar-refractivity contribution in [2.45, 2.75) is 13.0 Å². The average Bonchev–Trinajstić information content (AvgIpc) is 2.84. The maximum absolute atomic E-state index is 11.9. The fourth-order valence-electron chi connectivity index (χ4n) is 1.67. The molecule has 1 unspecified atom stereocenters. The van der Waals surface area contributed by atoms with Crippen LogP contribution in [-0.2, 0) is 4.74 Å². The number of benzene rings is 1. The van der Waals surface area contributed by atoms with Crippen molar-refractivity contribution in [2.75, 3.05) is 19.8 Å². The van der Waals surface area contributed by atoms with Gasteiger partial charge in [0.1, 0.15) is 0 Å². The van der Waals surface area contributed by atoms with Crippen molar-refractivity contribution in [1.29, 1.82) is 0 Å². The summed E-state index contributed by atoms with van der Waals surface area (Å²) in [7, 11) is 0. The van der Waals surface area contributed by atoms with E-state index in [4.69, 9.17) is 9.84 Å². The van der Waals surface area contributed by atoms with Crippen molar-refractivity contribution in [3.8, 4) is 0 Å². The van der Waals surface area contributed by atoms with Gasteiger partial charge in [-0.05, 0) is 25.1 Å². The first-order chi connectivity index (χ1) is 9.16. The first-order valence-electron chi connectivity index (χ1n) is 6.14. The lowest BCUT2D eigenvalue weighted by Gasteiger charge is -2.07. The molecule has 3 N–H and O–H groups in total. The predicted octanol–water partition coefficient (Wildman–Crippen LogP) is 0.690. The third-order valence-electron chi connectivity index (χ3n) is 2.57. The van der Waals surface area contributed by atoms with Crippen LogP contribution in [0.5, 0.6) is 0 Å². The highest BCUT2D eigenvalue weighted by atomic mass is 16.5. The van der Waals surface area contributed by atoms with Crippen LogP contribution in [0.15, 0.2) is 24.5 Å². The largest absolute Gasteiger partial charge is 0.391 e. The number of H-pyrrole nitrogens is 1. The fraction of sp³-hybridized carbons (Fsp3) is 0.385. The summed E-state index contributed by atoms with van der Waals surface area (Å²) in [6, 6.07) is 5.29. The molecule has 1 aromatic heterocycles. The Kier molecular flexibility index (Phi) is 4.48. The van der Waals surface area contributed by atoms with Crippen LogP contribution in [0.25, 0.3) is 11.0 Å². The topological polar surface area (TPSA) is 87.2 Å². The van der Waals surface area contributed by atoms with E-state index in [1.54, 1.807) is 31.5 Å². The number of aliphatic hydroxyl groups excluding tert-OH is 1. The first kappa shape index (κ1) is 13.5. The minimum absolute atomic E-state index is 0.155. The minimum Gasteiger partial charge on any atom is -0.391 e. The van der Waals surface area contributed by atoms with E-state index in [-0.39, 0.29) is 12.5 Å². The quantitative estimate of drug-likeness (QED) is 0.669. The second-order valence-corrected chi connectivity index (χ2v) is 4.31. The van der Waals surface area contributed by atoms with Gasteiger partial charge in [-0.15, -0.1) is 0 Å². The average molecular weight is 263 g/mol. The molecule has 1 amide bonds. The van der Waals surface area contributed by atoms with Gasteiger partial charge in [-0.1, -0.05) is 0 Å². The number of carbonyl (C=O) groups is 1. The highest BCUT2D eigenvalue weighted by molar-refractivity contribution is 5.97. The Bertz CT molecular complexity index is 551. The zero-order chi connectivity index (χ0) is 13.7. The van der Waals surface area contributed by atoms with Crippen molar-refractivity contribution in [1.82, 2.24) is 15.3 Å². The zero-order valence-electron chi connectivity index (χ0n) is 10.7. The lowest BCUT2D eigenvalue weighted by atomic mass is 10.2. The predicted molar refractivity (Wildman–Crippen MR) is 70.9 cm³/mol. The van der Waals surface area contributed by atoms with Crippen molar-refractivity contribution in [2.24, 2.45) is 0 Å². The van der Waals surface area contributed by atoms with Crippen molar-refractivity contribution < 1.29 is 14.6 Å². The Morgan fingerprint density at radius 2 is 2.42 bits per heavy atom. The summed E-state index contributed by atoms with van der Waals surface area (Å²) in [5.41, 5.74) is 2.24. The summed E-state index contributed by atoms with van der Waals surface area (Å²) in [4.78, 5) is 18.9. The summed E-state index contributed by atoms with van der Waals surface area (Å²) < 4.78 is 5.16. The monoisotopic (exact) mass is 263 g/mol. The number of hydrogen-bond donors (Lipinski definition) is 3. The molecule has 2 rings (SSSR count). The molecular weight excluding hydrogens is 246 g/mol. The number of amides is 1. The number of aromatic nitrogens is 2. The summed E-state index contributed by atoms with van der Waals surface area (Å²) >= 11 is 0. The van der Waals surface area contributed by atoms with Crippen LogP contribution >= 0.6 is 0 Å². The molecule has 1 aromatic carbocycles. The van der Waals surface area contributed by atoms with E-state index in [1.807, 2.05) is 0 Å². The third-order valence-corrected chi connectivity index (χ3v) is 2.57. The van der Waals surface area contributed by atoms with E-state index in [1.165, 1.54) is 0 Å². The lowest BCUT2D eigenvalue weighted by Crippen LogP contribution is -2.28. The van der Waals surface area contributed by atoms with Crippen LogP contribution in [0.2, 0.25) is 0 Å². The number of carbonyl (C=O) groups excluding carboxylic acids is 1. The van der Waals surface area contributed by atoms with Gasteiger partial charge in [0.2, 0.25) is 0 Å². The fourth-order valence-corrected chi connectivity index (χ4v) is 1.67. The second kappa shape index (κ2) is 6.31. The number of nitrogens with zero attached hydrogens (tertiary/aromatic N) is 1. The Morgan fingerprint density at radius 1 is 1.58 bits per heavy atom. The summed E-state index contributed by atoms with van der Waals surface area (Å²) in [6.45, 7) is 2.71. The van der Waals surface area contributed by atoms with E-state index < -0.39 is 6.10 Å². The molecule has 102 valence electrons. The molecule has 1 heterocycles. The van der Waals surface area contributed by atoms with Gasteiger partial charge in [0.25, 0.3) is 5.91 Å². The molecule has 1 atom stereocenters. The number of imidazole rings is 1. The molecule has 0 aliphatic carbocycles. The van der Waals surface area contributed by atoms with Crippen LogP contribution in [0, 0.1) is 0 Å². The standard InChI is InChI=1S/C13H17N3O3/c1-9(17)7-19-5-4-14-13(18)10-2-3-11-12(6-10)16-8-15-11/h2-3,6,8-9,17H,4-5,7H2,1H3,(H,14,18)(H,15,16). The molecule has 0 aliphatic rings. The van der Waals surface area contributed by atoms with Gasteiger partial charge in [-0.3, -0.25) is 4.79 Å². The molecule has 0 aliphatic heterocycles. The number of fused-ring (bicyclic) bond motifs is 1. The highest BCUT2D eigenvalue weighted by Crippen LogP contribution is 2.11. The molecule has 6 nitrogen and oxygen atoms in total. The molecule has 19 heavy (non-hydrogen) atoms. The molecular formula is C13H17N3O3. The van der Waals surface area contributed by atoms with Crippen LogP contribution in [-0.4, -0.2) is 46.8 Å². The number of aliphatic hydroxyl groups is 1. The summed E-state index contributed by atoms with van der Waals surface area (Å²) in [5, 5.41) is 11.7. The summed E-state index contributed by atoms with van der Waals surface area (Å²) in [5.74, 6) is -0.155. The molecule has 0 saturated carbocycles. The maximum atomic E-state index is 11.9. The minimum atomic E-state index is -0.488. The number of hydrogen-bond acceptors (Lipinski definition) is 4. The number of rotatable bonds is 6. The lowest BCUT2D eigenvalue weighted by molar-refractivity contribution is 0.0470. The van der Waals surface area contributed by atoms with Gasteiger partial charge >= 0.3 is 0 Å². The van der Waals surface area contributed by atoms with Gasteiger partial charge in [0.15, 0.2) is 0 Å². The number of aromatic amines is 1. The zero-order valence-corrected chi connectivity index (χ0v) is 10.7. The molecule has 0 bridgehead atoms. The van der Waals surface area contributed by atoms with Gasteiger partial charge in [-0.2, -0.15) is 0 Å². The van der Waals surface area contributed by atoms with Crippen LogP contribution < -0.4 is 5.32 Å². The van der Waals surface area contributed by atoms with Crippen LogP contribution in [0.3, 0.4) is 0 Å². The van der Waals surface area contributed by atoms with Gasteiger partial charge in [0.05, 0.1) is 36.7 Å². The SMILES string of the molecule is CC(O)COCCNC(=O)c1ccc2nc[nH]c2c1. The molecule has 2 aromatic rings. The Hall–Kier alpha value is -1.92. The van der Waals surface area contributed by atoms with E-state index in [2.05, 4.69) is 15.3 Å². The van der Waals surface area contributed by atoms with Gasteiger partial charge in [0, 0.05) is 12.1 Å². The normalized spacial score (nSPS) is 12.5. The van der Waals surface area contributed by atoms with E-state index >= 15 is 0 Å². The molecule has 0 radical (unpaired) electrons. The van der Waals surface area contributed by atoms with Gasteiger partial charge in [-0.25, -0.2) is 4.98 Å². The summed E-state index contributed by atoms with van der Waals surface area (Å²) in [6.07, 6.45) is 1.11. The Morgan fingerprint density at radius 3 is 3.21 bits per heavy atom. The number of ether oxygens (including phenoxy) is 1. The van der Waals surface area contributed by atoms with E-state index in [9.17, 15) is 4.79 Å². The molecule has 0 fully saturated rings. The van der Waals surface area contributed by atoms with Gasteiger partial charge < -0.3 is 20.1 Å². The van der Waals surface area contributed by atoms with E-state index in [0.717, 1.165) is 11.0 Å².